The highest BCUT2D eigenvalue weighted by molar-refractivity contribution is 5.31. The van der Waals surface area contributed by atoms with Crippen molar-refractivity contribution in [3.8, 4) is 0 Å². The lowest BCUT2D eigenvalue weighted by molar-refractivity contribution is 0.582. The summed E-state index contributed by atoms with van der Waals surface area (Å²) >= 11 is 0. The molecule has 1 aromatic rings. The molecule has 3 rings (SSSR count). The third kappa shape index (κ3) is 2.05. The van der Waals surface area contributed by atoms with Crippen LogP contribution in [0.5, 0.6) is 0 Å². The Morgan fingerprint density at radius 2 is 2.11 bits per heavy atom. The Bertz CT molecular complexity index is 465. The molecule has 1 N–H and O–H groups in total. The Hall–Kier alpha value is -0.960. The normalized spacial score (nSPS) is 24.7. The van der Waals surface area contributed by atoms with Gasteiger partial charge in [-0.3, -0.25) is 0 Å². The van der Waals surface area contributed by atoms with Gasteiger partial charge in [-0.05, 0) is 18.3 Å². The second-order valence-electron chi connectivity index (χ2n) is 6.38. The maximum Gasteiger partial charge on any atom is 0.132 e. The van der Waals surface area contributed by atoms with Crippen molar-refractivity contribution < 1.29 is 0 Å². The smallest absolute Gasteiger partial charge is 0.132 e. The second-order valence-corrected chi connectivity index (χ2v) is 6.38. The molecule has 0 aromatic carbocycles. The first-order chi connectivity index (χ1) is 8.62. The first kappa shape index (κ1) is 12.1. The van der Waals surface area contributed by atoms with E-state index in [1.54, 1.807) is 0 Å². The molecule has 98 valence electrons. The van der Waals surface area contributed by atoms with Gasteiger partial charge in [0.2, 0.25) is 0 Å². The summed E-state index contributed by atoms with van der Waals surface area (Å²) in [7, 11) is 0. The number of aromatic nitrogens is 2. The van der Waals surface area contributed by atoms with Gasteiger partial charge >= 0.3 is 0 Å². The molecule has 0 bridgehead atoms. The van der Waals surface area contributed by atoms with Gasteiger partial charge in [-0.25, -0.2) is 9.97 Å². The van der Waals surface area contributed by atoms with Gasteiger partial charge in [0.05, 0.1) is 5.69 Å². The molecule has 1 aliphatic heterocycles. The van der Waals surface area contributed by atoms with Crippen LogP contribution in [0.15, 0.2) is 0 Å². The fourth-order valence-corrected chi connectivity index (χ4v) is 2.94. The summed E-state index contributed by atoms with van der Waals surface area (Å²) in [6, 6.07) is 0. The fraction of sp³-hybridized carbons (Fsp3) is 0.733. The van der Waals surface area contributed by atoms with Crippen LogP contribution in [-0.2, 0) is 19.4 Å². The Labute approximate surface area is 109 Å². The van der Waals surface area contributed by atoms with Crippen LogP contribution in [0.25, 0.3) is 0 Å². The standard InChI is InChI=1S/C15H23N3/c1-4-5-12-10-9-16-7-6-13(10)18-14(17-12)11-8-15(11,2)3/h11,16H,4-9H2,1-3H3. The van der Waals surface area contributed by atoms with Gasteiger partial charge in [-0.15, -0.1) is 0 Å². The van der Waals surface area contributed by atoms with Gasteiger partial charge in [0.15, 0.2) is 0 Å². The molecule has 0 saturated heterocycles. The second kappa shape index (κ2) is 4.30. The van der Waals surface area contributed by atoms with E-state index in [4.69, 9.17) is 9.97 Å². The van der Waals surface area contributed by atoms with Crippen molar-refractivity contribution >= 4 is 0 Å². The predicted molar refractivity (Wildman–Crippen MR) is 72.6 cm³/mol. The third-order valence-corrected chi connectivity index (χ3v) is 4.35. The number of hydrogen-bond donors (Lipinski definition) is 1. The topological polar surface area (TPSA) is 37.8 Å². The van der Waals surface area contributed by atoms with Crippen molar-refractivity contribution in [2.75, 3.05) is 6.54 Å². The first-order valence-electron chi connectivity index (χ1n) is 7.21. The summed E-state index contributed by atoms with van der Waals surface area (Å²) in [5.41, 5.74) is 4.41. The SMILES string of the molecule is CCCc1nc(C2CC2(C)C)nc2c1CNCC2. The van der Waals surface area contributed by atoms with Gasteiger partial charge in [0, 0.05) is 36.7 Å². The molecule has 2 aliphatic rings. The molecular formula is C15H23N3. The van der Waals surface area contributed by atoms with E-state index in [1.807, 2.05) is 0 Å². The molecule has 18 heavy (non-hydrogen) atoms. The summed E-state index contributed by atoms with van der Waals surface area (Å²) in [4.78, 5) is 9.74. The Morgan fingerprint density at radius 1 is 1.33 bits per heavy atom. The van der Waals surface area contributed by atoms with Crippen molar-refractivity contribution in [1.29, 1.82) is 0 Å². The maximum atomic E-state index is 4.88. The summed E-state index contributed by atoms with van der Waals surface area (Å²) in [5, 5.41) is 3.44. The number of fused-ring (bicyclic) bond motifs is 1. The van der Waals surface area contributed by atoms with Crippen molar-refractivity contribution in [2.24, 2.45) is 5.41 Å². The van der Waals surface area contributed by atoms with Crippen molar-refractivity contribution in [3.63, 3.8) is 0 Å². The predicted octanol–water partition coefficient (Wildman–Crippen LogP) is 2.59. The average molecular weight is 245 g/mol. The minimum atomic E-state index is 0.421. The van der Waals surface area contributed by atoms with Gasteiger partial charge in [0.25, 0.3) is 0 Å². The van der Waals surface area contributed by atoms with Crippen molar-refractivity contribution in [3.05, 3.63) is 22.8 Å². The van der Waals surface area contributed by atoms with Crippen LogP contribution >= 0.6 is 0 Å². The zero-order valence-corrected chi connectivity index (χ0v) is 11.7. The van der Waals surface area contributed by atoms with Crippen LogP contribution in [-0.4, -0.2) is 16.5 Å². The first-order valence-corrected chi connectivity index (χ1v) is 7.21. The van der Waals surface area contributed by atoms with Crippen LogP contribution in [0, 0.1) is 5.41 Å². The lowest BCUT2D eigenvalue weighted by Gasteiger charge is -2.20. The Morgan fingerprint density at radius 3 is 2.78 bits per heavy atom. The summed E-state index contributed by atoms with van der Waals surface area (Å²) in [6.45, 7) is 8.89. The van der Waals surface area contributed by atoms with E-state index < -0.39 is 0 Å². The van der Waals surface area contributed by atoms with Crippen LogP contribution < -0.4 is 5.32 Å². The quantitative estimate of drug-likeness (QED) is 0.889. The van der Waals surface area contributed by atoms with E-state index >= 15 is 0 Å². The molecule has 0 radical (unpaired) electrons. The van der Waals surface area contributed by atoms with Crippen LogP contribution in [0.4, 0.5) is 0 Å². The van der Waals surface area contributed by atoms with E-state index in [9.17, 15) is 0 Å². The van der Waals surface area contributed by atoms with E-state index in [-0.39, 0.29) is 0 Å². The average Bonchev–Trinajstić information content (AvgIpc) is 2.99. The molecule has 1 aliphatic carbocycles. The summed E-state index contributed by atoms with van der Waals surface area (Å²) in [6.07, 6.45) is 4.56. The van der Waals surface area contributed by atoms with E-state index in [2.05, 4.69) is 26.1 Å². The molecule has 0 amide bonds. The van der Waals surface area contributed by atoms with Crippen molar-refractivity contribution in [1.82, 2.24) is 15.3 Å². The number of nitrogens with one attached hydrogen (secondary N) is 1. The molecule has 1 aromatic heterocycles. The van der Waals surface area contributed by atoms with Gasteiger partial charge in [0.1, 0.15) is 5.82 Å². The minimum Gasteiger partial charge on any atom is -0.312 e. The monoisotopic (exact) mass is 245 g/mol. The Balaban J connectivity index is 1.99. The summed E-state index contributed by atoms with van der Waals surface area (Å²) in [5.74, 6) is 1.71. The van der Waals surface area contributed by atoms with E-state index in [0.717, 1.165) is 38.2 Å². The molecule has 3 heteroatoms. The molecular weight excluding hydrogens is 222 g/mol. The van der Waals surface area contributed by atoms with Gasteiger partial charge in [-0.1, -0.05) is 27.2 Å². The molecule has 1 saturated carbocycles. The van der Waals surface area contributed by atoms with Gasteiger partial charge in [-0.2, -0.15) is 0 Å². The fourth-order valence-electron chi connectivity index (χ4n) is 2.94. The maximum absolute atomic E-state index is 4.88. The Kier molecular flexibility index (Phi) is 2.89. The zero-order valence-electron chi connectivity index (χ0n) is 11.7. The highest BCUT2D eigenvalue weighted by Crippen LogP contribution is 2.57. The summed E-state index contributed by atoms with van der Waals surface area (Å²) < 4.78 is 0. The van der Waals surface area contributed by atoms with E-state index in [1.165, 1.54) is 23.4 Å². The number of nitrogens with zero attached hydrogens (tertiary/aromatic N) is 2. The lowest BCUT2D eigenvalue weighted by atomic mass is 10.0. The van der Waals surface area contributed by atoms with Crippen LogP contribution in [0.1, 0.15) is 62.3 Å². The largest absolute Gasteiger partial charge is 0.312 e. The molecule has 3 nitrogen and oxygen atoms in total. The van der Waals surface area contributed by atoms with Crippen LogP contribution in [0.3, 0.4) is 0 Å². The highest BCUT2D eigenvalue weighted by atomic mass is 15.0. The van der Waals surface area contributed by atoms with Crippen molar-refractivity contribution in [2.45, 2.75) is 58.9 Å². The highest BCUT2D eigenvalue weighted by Gasteiger charge is 2.48. The zero-order chi connectivity index (χ0) is 12.8. The molecule has 1 atom stereocenters. The molecule has 1 unspecified atom stereocenters. The molecule has 2 heterocycles. The third-order valence-electron chi connectivity index (χ3n) is 4.35. The number of rotatable bonds is 3. The van der Waals surface area contributed by atoms with Crippen LogP contribution in [0.2, 0.25) is 0 Å². The lowest BCUT2D eigenvalue weighted by Crippen LogP contribution is -2.27. The van der Waals surface area contributed by atoms with Gasteiger partial charge < -0.3 is 5.32 Å². The number of aryl methyl sites for hydroxylation is 1. The number of hydrogen-bond acceptors (Lipinski definition) is 3. The molecule has 0 spiro atoms. The minimum absolute atomic E-state index is 0.421. The molecule has 1 fully saturated rings. The van der Waals surface area contributed by atoms with E-state index in [0.29, 0.717) is 11.3 Å².